The van der Waals surface area contributed by atoms with Crippen molar-refractivity contribution >= 4 is 22.7 Å². The average molecular weight is 415 g/mol. The molecule has 1 saturated carbocycles. The Balaban J connectivity index is 1.64. The highest BCUT2D eigenvalue weighted by Crippen LogP contribution is 2.25. The van der Waals surface area contributed by atoms with Crippen molar-refractivity contribution in [3.8, 4) is 6.07 Å². The molecular weight excluding hydrogens is 388 g/mol. The molecule has 1 aliphatic rings. The van der Waals surface area contributed by atoms with E-state index >= 15 is 0 Å². The number of nitriles is 1. The summed E-state index contributed by atoms with van der Waals surface area (Å²) in [7, 11) is 0. The second kappa shape index (κ2) is 9.05. The fourth-order valence-corrected chi connectivity index (χ4v) is 4.36. The number of primary amides is 1. The van der Waals surface area contributed by atoms with Gasteiger partial charge in [-0.25, -0.2) is 0 Å². The van der Waals surface area contributed by atoms with E-state index in [2.05, 4.69) is 11.4 Å². The minimum absolute atomic E-state index is 0.103. The molecule has 4 rings (SSSR count). The quantitative estimate of drug-likeness (QED) is 0.638. The first-order valence-electron chi connectivity index (χ1n) is 10.8. The lowest BCUT2D eigenvalue weighted by molar-refractivity contribution is 0.0934. The Hall–Kier alpha value is -3.59. The number of nitrogens with zero attached hydrogens (tertiary/aromatic N) is 2. The number of hydrogen-bond donors (Lipinski definition) is 2. The second-order valence-electron chi connectivity index (χ2n) is 8.28. The third-order valence-corrected chi connectivity index (χ3v) is 6.12. The summed E-state index contributed by atoms with van der Waals surface area (Å²) < 4.78 is 1.94. The third-order valence-electron chi connectivity index (χ3n) is 6.12. The van der Waals surface area contributed by atoms with E-state index in [9.17, 15) is 14.9 Å². The topological polar surface area (TPSA) is 101 Å². The van der Waals surface area contributed by atoms with Gasteiger partial charge >= 0.3 is 0 Å². The highest BCUT2D eigenvalue weighted by atomic mass is 16.2. The minimum Gasteiger partial charge on any atom is -0.366 e. The number of rotatable bonds is 6. The van der Waals surface area contributed by atoms with E-state index in [1.807, 2.05) is 34.9 Å². The number of aromatic nitrogens is 1. The van der Waals surface area contributed by atoms with Gasteiger partial charge in [-0.1, -0.05) is 37.5 Å². The van der Waals surface area contributed by atoms with Crippen molar-refractivity contribution in [3.63, 3.8) is 0 Å². The molecule has 2 amide bonds. The maximum absolute atomic E-state index is 13.1. The Labute approximate surface area is 181 Å². The summed E-state index contributed by atoms with van der Waals surface area (Å²) in [6.45, 7) is 1.14. The Bertz CT molecular complexity index is 1150. The van der Waals surface area contributed by atoms with Crippen molar-refractivity contribution < 1.29 is 9.59 Å². The molecule has 3 aromatic rings. The Morgan fingerprint density at radius 1 is 1.06 bits per heavy atom. The Morgan fingerprint density at radius 2 is 1.81 bits per heavy atom. The highest BCUT2D eigenvalue weighted by molar-refractivity contribution is 5.99. The van der Waals surface area contributed by atoms with Crippen LogP contribution in [0, 0.1) is 17.2 Å². The van der Waals surface area contributed by atoms with E-state index in [0.717, 1.165) is 16.5 Å². The molecule has 0 bridgehead atoms. The molecule has 0 radical (unpaired) electrons. The number of hydrogen-bond acceptors (Lipinski definition) is 3. The molecule has 0 aliphatic heterocycles. The second-order valence-corrected chi connectivity index (χ2v) is 8.28. The number of carbonyl (C=O) groups is 2. The van der Waals surface area contributed by atoms with Crippen LogP contribution in [0.25, 0.3) is 10.9 Å². The third kappa shape index (κ3) is 4.61. The van der Waals surface area contributed by atoms with Gasteiger partial charge in [-0.15, -0.1) is 0 Å². The standard InChI is InChI=1S/C25H26N4O2/c26-14-19-8-11-21-13-23(25(31)28-15-17-4-2-1-3-5-17)29(22(21)12-19)16-18-6-9-20(10-7-18)24(27)30/h6-13,17H,1-5,15-16H2,(H2,27,30)(H,28,31). The molecule has 0 unspecified atom stereocenters. The molecule has 0 saturated heterocycles. The van der Waals surface area contributed by atoms with Crippen molar-refractivity contribution in [1.82, 2.24) is 9.88 Å². The van der Waals surface area contributed by atoms with Crippen LogP contribution in [0.1, 0.15) is 64.1 Å². The summed E-state index contributed by atoms with van der Waals surface area (Å²) in [5.41, 5.74) is 8.67. The molecule has 6 heteroatoms. The van der Waals surface area contributed by atoms with E-state index in [1.54, 1.807) is 18.2 Å². The summed E-state index contributed by atoms with van der Waals surface area (Å²) >= 11 is 0. The first-order valence-corrected chi connectivity index (χ1v) is 10.8. The van der Waals surface area contributed by atoms with E-state index < -0.39 is 5.91 Å². The number of fused-ring (bicyclic) bond motifs is 1. The van der Waals surface area contributed by atoms with Crippen LogP contribution in [0.4, 0.5) is 0 Å². The fraction of sp³-hybridized carbons (Fsp3) is 0.320. The average Bonchev–Trinajstić information content (AvgIpc) is 3.16. The van der Waals surface area contributed by atoms with Crippen molar-refractivity contribution in [2.75, 3.05) is 6.54 Å². The van der Waals surface area contributed by atoms with E-state index in [-0.39, 0.29) is 5.91 Å². The van der Waals surface area contributed by atoms with Gasteiger partial charge in [0.25, 0.3) is 5.91 Å². The van der Waals surface area contributed by atoms with Crippen LogP contribution < -0.4 is 11.1 Å². The van der Waals surface area contributed by atoms with Crippen LogP contribution in [0.3, 0.4) is 0 Å². The lowest BCUT2D eigenvalue weighted by Crippen LogP contribution is -2.31. The first kappa shape index (κ1) is 20.7. The van der Waals surface area contributed by atoms with Crippen LogP contribution in [0.15, 0.2) is 48.5 Å². The molecule has 1 aliphatic carbocycles. The molecule has 3 N–H and O–H groups in total. The largest absolute Gasteiger partial charge is 0.366 e. The SMILES string of the molecule is N#Cc1ccc2cc(C(=O)NCC3CCCCC3)n(Cc3ccc(C(N)=O)cc3)c2c1. The molecule has 2 aromatic carbocycles. The molecule has 6 nitrogen and oxygen atoms in total. The zero-order chi connectivity index (χ0) is 21.8. The Morgan fingerprint density at radius 3 is 2.48 bits per heavy atom. The predicted octanol–water partition coefficient (Wildman–Crippen LogP) is 3.97. The van der Waals surface area contributed by atoms with Gasteiger partial charge < -0.3 is 15.6 Å². The van der Waals surface area contributed by atoms with Crippen LogP contribution in [-0.4, -0.2) is 22.9 Å². The molecule has 0 spiro atoms. The fourth-order valence-electron chi connectivity index (χ4n) is 4.36. The van der Waals surface area contributed by atoms with Gasteiger partial charge in [0.05, 0.1) is 17.1 Å². The summed E-state index contributed by atoms with van der Waals surface area (Å²) in [5.74, 6) is -0.0319. The van der Waals surface area contributed by atoms with Gasteiger partial charge in [0.15, 0.2) is 0 Å². The molecule has 1 fully saturated rings. The predicted molar refractivity (Wildman–Crippen MR) is 120 cm³/mol. The van der Waals surface area contributed by atoms with Gasteiger partial charge in [0, 0.05) is 24.0 Å². The highest BCUT2D eigenvalue weighted by Gasteiger charge is 2.19. The van der Waals surface area contributed by atoms with Crippen LogP contribution >= 0.6 is 0 Å². The normalized spacial score (nSPS) is 14.3. The number of nitrogens with one attached hydrogen (secondary N) is 1. The van der Waals surface area contributed by atoms with Crippen molar-refractivity contribution in [2.24, 2.45) is 11.7 Å². The lowest BCUT2D eigenvalue weighted by atomic mass is 9.89. The maximum Gasteiger partial charge on any atom is 0.267 e. The summed E-state index contributed by atoms with van der Waals surface area (Å²) in [6, 6.07) is 16.5. The Kier molecular flexibility index (Phi) is 6.03. The van der Waals surface area contributed by atoms with E-state index in [0.29, 0.717) is 35.8 Å². The van der Waals surface area contributed by atoms with Gasteiger partial charge in [-0.2, -0.15) is 5.26 Å². The van der Waals surface area contributed by atoms with Crippen LogP contribution in [0.5, 0.6) is 0 Å². The zero-order valence-electron chi connectivity index (χ0n) is 17.4. The van der Waals surface area contributed by atoms with E-state index in [4.69, 9.17) is 5.73 Å². The molecule has 31 heavy (non-hydrogen) atoms. The van der Waals surface area contributed by atoms with E-state index in [1.165, 1.54) is 32.1 Å². The lowest BCUT2D eigenvalue weighted by Gasteiger charge is -2.22. The molecular formula is C25H26N4O2. The van der Waals surface area contributed by atoms with Crippen molar-refractivity contribution in [3.05, 3.63) is 70.9 Å². The van der Waals surface area contributed by atoms with Crippen molar-refractivity contribution in [1.29, 1.82) is 5.26 Å². The van der Waals surface area contributed by atoms with Gasteiger partial charge in [0.1, 0.15) is 5.69 Å². The monoisotopic (exact) mass is 414 g/mol. The minimum atomic E-state index is -0.473. The van der Waals surface area contributed by atoms with Crippen LogP contribution in [-0.2, 0) is 6.54 Å². The zero-order valence-corrected chi connectivity index (χ0v) is 17.4. The summed E-state index contributed by atoms with van der Waals surface area (Å²) in [4.78, 5) is 24.5. The summed E-state index contributed by atoms with van der Waals surface area (Å²) in [5, 5.41) is 13.4. The van der Waals surface area contributed by atoms with Gasteiger partial charge in [-0.3, -0.25) is 9.59 Å². The smallest absolute Gasteiger partial charge is 0.267 e. The van der Waals surface area contributed by atoms with Crippen LogP contribution in [0.2, 0.25) is 0 Å². The number of benzene rings is 2. The van der Waals surface area contributed by atoms with Gasteiger partial charge in [-0.05, 0) is 54.7 Å². The molecule has 1 aromatic heterocycles. The number of amides is 2. The van der Waals surface area contributed by atoms with Gasteiger partial charge in [0.2, 0.25) is 5.91 Å². The molecule has 0 atom stereocenters. The maximum atomic E-state index is 13.1. The number of nitrogens with two attached hydrogens (primary N) is 1. The van der Waals surface area contributed by atoms with Crippen molar-refractivity contribution in [2.45, 2.75) is 38.6 Å². The molecule has 1 heterocycles. The first-order chi connectivity index (χ1) is 15.0. The summed E-state index contributed by atoms with van der Waals surface area (Å²) in [6.07, 6.45) is 6.09. The molecule has 158 valence electrons. The number of carbonyl (C=O) groups excluding carboxylic acids is 2.